The van der Waals surface area contributed by atoms with Crippen LogP contribution in [0.25, 0.3) is 0 Å². The van der Waals surface area contributed by atoms with Gasteiger partial charge in [0.25, 0.3) is 0 Å². The van der Waals surface area contributed by atoms with Crippen molar-refractivity contribution in [2.75, 3.05) is 33.4 Å². The van der Waals surface area contributed by atoms with Gasteiger partial charge in [-0.2, -0.15) is 4.31 Å². The third-order valence-electron chi connectivity index (χ3n) is 4.06. The Bertz CT molecular complexity index is 814. The molecule has 1 saturated heterocycles. The Hall–Kier alpha value is -1.45. The molecule has 1 heterocycles. The predicted octanol–water partition coefficient (Wildman–Crippen LogP) is 0.579. The Morgan fingerprint density at radius 3 is 2.12 bits per heavy atom. The summed E-state index contributed by atoms with van der Waals surface area (Å²) in [5.74, 6) is -0.429. The van der Waals surface area contributed by atoms with Crippen LogP contribution in [0.2, 0.25) is 0 Å². The van der Waals surface area contributed by atoms with Gasteiger partial charge in [-0.05, 0) is 37.1 Å². The van der Waals surface area contributed by atoms with E-state index in [1.807, 2.05) is 0 Å². The second-order valence-corrected chi connectivity index (χ2v) is 10.1. The van der Waals surface area contributed by atoms with Crippen LogP contribution in [0.1, 0.15) is 12.8 Å². The Morgan fingerprint density at radius 1 is 1.08 bits per heavy atom. The van der Waals surface area contributed by atoms with Crippen LogP contribution in [-0.2, 0) is 24.7 Å². The first-order valence-corrected chi connectivity index (χ1v) is 10.9. The molecule has 24 heavy (non-hydrogen) atoms. The molecular weight excluding hydrogens is 352 g/mol. The zero-order chi connectivity index (χ0) is 18.1. The highest BCUT2D eigenvalue weighted by Crippen LogP contribution is 2.25. The average Bonchev–Trinajstić information content (AvgIpc) is 2.53. The van der Waals surface area contributed by atoms with Gasteiger partial charge in [-0.1, -0.05) is 0 Å². The zero-order valence-electron chi connectivity index (χ0n) is 14.0. The highest BCUT2D eigenvalue weighted by Gasteiger charge is 2.33. The molecule has 0 aromatic heterocycles. The lowest BCUT2D eigenvalue weighted by atomic mass is 9.98. The number of carbonyl (C=O) groups excluding carboxylic acids is 1. The molecule has 0 N–H and O–H groups in total. The summed E-state index contributed by atoms with van der Waals surface area (Å²) in [6, 6.07) is 5.16. The van der Waals surface area contributed by atoms with Crippen LogP contribution in [-0.4, -0.2) is 65.4 Å². The second-order valence-electron chi connectivity index (χ2n) is 6.18. The summed E-state index contributed by atoms with van der Waals surface area (Å²) >= 11 is 0. The fourth-order valence-corrected chi connectivity index (χ4v) is 4.89. The molecule has 1 amide bonds. The molecule has 2 rings (SSSR count). The Morgan fingerprint density at radius 2 is 1.62 bits per heavy atom. The van der Waals surface area contributed by atoms with Gasteiger partial charge in [-0.15, -0.1) is 0 Å². The molecule has 0 aliphatic carbocycles. The van der Waals surface area contributed by atoms with Crippen LogP contribution < -0.4 is 0 Å². The number of carbonyl (C=O) groups is 1. The molecular formula is C15H22N2O5S2. The van der Waals surface area contributed by atoms with E-state index in [9.17, 15) is 21.6 Å². The highest BCUT2D eigenvalue weighted by molar-refractivity contribution is 7.90. The third-order valence-corrected chi connectivity index (χ3v) is 7.07. The SMILES string of the molecule is CN(C)C(=O)C1CCCN(S(=O)(=O)c2ccc(S(C)(=O)=O)cc2)C1. The van der Waals surface area contributed by atoms with Crippen LogP contribution in [0.5, 0.6) is 0 Å². The minimum Gasteiger partial charge on any atom is -0.349 e. The second kappa shape index (κ2) is 6.81. The number of hydrogen-bond donors (Lipinski definition) is 0. The molecule has 0 spiro atoms. The van der Waals surface area contributed by atoms with Gasteiger partial charge in [0.2, 0.25) is 15.9 Å². The number of hydrogen-bond acceptors (Lipinski definition) is 5. The van der Waals surface area contributed by atoms with Gasteiger partial charge in [0, 0.05) is 33.4 Å². The van der Waals surface area contributed by atoms with E-state index >= 15 is 0 Å². The smallest absolute Gasteiger partial charge is 0.243 e. The molecule has 7 nitrogen and oxygen atoms in total. The quantitative estimate of drug-likeness (QED) is 0.769. The first-order chi connectivity index (χ1) is 11.0. The standard InChI is InChI=1S/C15H22N2O5S2/c1-16(2)15(18)12-5-4-10-17(11-12)24(21,22)14-8-6-13(7-9-14)23(3,19)20/h6-9,12H,4-5,10-11H2,1-3H3. The largest absolute Gasteiger partial charge is 0.349 e. The van der Waals surface area contributed by atoms with Crippen LogP contribution in [0, 0.1) is 5.92 Å². The Labute approximate surface area is 143 Å². The molecule has 1 aromatic carbocycles. The molecule has 1 aliphatic rings. The van der Waals surface area contributed by atoms with Crippen LogP contribution >= 0.6 is 0 Å². The first kappa shape index (κ1) is 18.9. The van der Waals surface area contributed by atoms with Crippen LogP contribution in [0.15, 0.2) is 34.1 Å². The molecule has 1 unspecified atom stereocenters. The number of sulfonamides is 1. The number of nitrogens with zero attached hydrogens (tertiary/aromatic N) is 2. The molecule has 9 heteroatoms. The number of piperidine rings is 1. The summed E-state index contributed by atoms with van der Waals surface area (Å²) in [5.41, 5.74) is 0. The van der Waals surface area contributed by atoms with Gasteiger partial charge in [-0.3, -0.25) is 4.79 Å². The number of amides is 1. The molecule has 1 aromatic rings. The number of benzene rings is 1. The molecule has 0 bridgehead atoms. The molecule has 1 fully saturated rings. The minimum atomic E-state index is -3.75. The summed E-state index contributed by atoms with van der Waals surface area (Å²) in [6.07, 6.45) is 2.35. The predicted molar refractivity (Wildman–Crippen MR) is 89.7 cm³/mol. The van der Waals surface area contributed by atoms with E-state index < -0.39 is 19.9 Å². The summed E-state index contributed by atoms with van der Waals surface area (Å²) < 4.78 is 49.7. The lowest BCUT2D eigenvalue weighted by Gasteiger charge is -2.32. The van der Waals surface area contributed by atoms with Crippen LogP contribution in [0.4, 0.5) is 0 Å². The summed E-state index contributed by atoms with van der Waals surface area (Å²) in [6.45, 7) is 0.501. The maximum atomic E-state index is 12.7. The lowest BCUT2D eigenvalue weighted by molar-refractivity contribution is -0.134. The third kappa shape index (κ3) is 3.96. The summed E-state index contributed by atoms with van der Waals surface area (Å²) in [4.78, 5) is 13.7. The Kier molecular flexibility index (Phi) is 5.36. The number of rotatable bonds is 4. The van der Waals surface area contributed by atoms with Gasteiger partial charge < -0.3 is 4.90 Å². The minimum absolute atomic E-state index is 0.0350. The summed E-state index contributed by atoms with van der Waals surface area (Å²) in [5, 5.41) is 0. The van der Waals surface area contributed by atoms with Crippen molar-refractivity contribution in [2.45, 2.75) is 22.6 Å². The molecule has 134 valence electrons. The van der Waals surface area contributed by atoms with Crippen molar-refractivity contribution in [1.82, 2.24) is 9.21 Å². The van der Waals surface area contributed by atoms with Gasteiger partial charge in [-0.25, -0.2) is 16.8 Å². The molecule has 0 radical (unpaired) electrons. The fourth-order valence-electron chi connectivity index (χ4n) is 2.74. The topological polar surface area (TPSA) is 91.8 Å². The average molecular weight is 374 g/mol. The Balaban J connectivity index is 2.25. The molecule has 0 saturated carbocycles. The molecule has 1 aliphatic heterocycles. The zero-order valence-corrected chi connectivity index (χ0v) is 15.6. The van der Waals surface area contributed by atoms with Crippen molar-refractivity contribution in [3.63, 3.8) is 0 Å². The van der Waals surface area contributed by atoms with Crippen molar-refractivity contribution in [1.29, 1.82) is 0 Å². The van der Waals surface area contributed by atoms with Crippen LogP contribution in [0.3, 0.4) is 0 Å². The monoisotopic (exact) mass is 374 g/mol. The highest BCUT2D eigenvalue weighted by atomic mass is 32.2. The molecule has 1 atom stereocenters. The van der Waals surface area contributed by atoms with Crippen molar-refractivity contribution < 1.29 is 21.6 Å². The van der Waals surface area contributed by atoms with Crippen molar-refractivity contribution in [2.24, 2.45) is 5.92 Å². The lowest BCUT2D eigenvalue weighted by Crippen LogP contribution is -2.45. The first-order valence-electron chi connectivity index (χ1n) is 7.55. The van der Waals surface area contributed by atoms with Crippen molar-refractivity contribution >= 4 is 25.8 Å². The van der Waals surface area contributed by atoms with Gasteiger partial charge in [0.15, 0.2) is 9.84 Å². The van der Waals surface area contributed by atoms with E-state index in [4.69, 9.17) is 0 Å². The van der Waals surface area contributed by atoms with E-state index in [0.29, 0.717) is 19.4 Å². The van der Waals surface area contributed by atoms with Gasteiger partial charge in [0.05, 0.1) is 15.7 Å². The van der Waals surface area contributed by atoms with E-state index in [-0.39, 0.29) is 28.2 Å². The van der Waals surface area contributed by atoms with Gasteiger partial charge >= 0.3 is 0 Å². The maximum Gasteiger partial charge on any atom is 0.243 e. The summed E-state index contributed by atoms with van der Waals surface area (Å²) in [7, 11) is -3.82. The normalized spacial score (nSPS) is 19.9. The van der Waals surface area contributed by atoms with E-state index in [0.717, 1.165) is 6.26 Å². The van der Waals surface area contributed by atoms with E-state index in [2.05, 4.69) is 0 Å². The van der Waals surface area contributed by atoms with E-state index in [1.165, 1.54) is 33.5 Å². The fraction of sp³-hybridized carbons (Fsp3) is 0.533. The van der Waals surface area contributed by atoms with Crippen molar-refractivity contribution in [3.05, 3.63) is 24.3 Å². The maximum absolute atomic E-state index is 12.7. The number of sulfone groups is 1. The van der Waals surface area contributed by atoms with E-state index in [1.54, 1.807) is 14.1 Å². The van der Waals surface area contributed by atoms with Gasteiger partial charge in [0.1, 0.15) is 0 Å². The van der Waals surface area contributed by atoms with Crippen molar-refractivity contribution in [3.8, 4) is 0 Å².